The van der Waals surface area contributed by atoms with Gasteiger partial charge in [-0.2, -0.15) is 0 Å². The van der Waals surface area contributed by atoms with Gasteiger partial charge < -0.3 is 14.8 Å². The van der Waals surface area contributed by atoms with Crippen LogP contribution in [0.5, 0.6) is 0 Å². The van der Waals surface area contributed by atoms with Gasteiger partial charge in [-0.25, -0.2) is 0 Å². The third kappa shape index (κ3) is 4.85. The number of rotatable bonds is 8. The lowest BCUT2D eigenvalue weighted by molar-refractivity contribution is 0.148. The van der Waals surface area contributed by atoms with Crippen LogP contribution in [0.3, 0.4) is 0 Å². The van der Waals surface area contributed by atoms with E-state index in [1.54, 1.807) is 0 Å². The molecule has 1 aromatic heterocycles. The van der Waals surface area contributed by atoms with E-state index in [4.69, 9.17) is 4.42 Å². The molecule has 0 aliphatic carbocycles. The topological polar surface area (TPSA) is 45.4 Å². The molecular formula is C21H26ClNO2. The second kappa shape index (κ2) is 9.62. The van der Waals surface area contributed by atoms with E-state index in [9.17, 15) is 5.11 Å². The van der Waals surface area contributed by atoms with Crippen LogP contribution >= 0.6 is 12.4 Å². The zero-order chi connectivity index (χ0) is 16.8. The molecule has 3 rings (SSSR count). The third-order valence-corrected chi connectivity index (χ3v) is 4.30. The maximum absolute atomic E-state index is 10.6. The molecule has 2 aromatic carbocycles. The van der Waals surface area contributed by atoms with Crippen LogP contribution in [-0.4, -0.2) is 18.2 Å². The van der Waals surface area contributed by atoms with Gasteiger partial charge in [0.15, 0.2) is 0 Å². The molecule has 0 saturated heterocycles. The molecule has 0 aliphatic rings. The van der Waals surface area contributed by atoms with Gasteiger partial charge in [-0.05, 0) is 37.4 Å². The Labute approximate surface area is 155 Å². The Morgan fingerprint density at radius 3 is 2.48 bits per heavy atom. The van der Waals surface area contributed by atoms with Crippen LogP contribution in [0.25, 0.3) is 11.0 Å². The van der Waals surface area contributed by atoms with E-state index in [1.165, 1.54) is 5.56 Å². The Balaban J connectivity index is 0.00000225. The molecule has 0 radical (unpaired) electrons. The van der Waals surface area contributed by atoms with Crippen LogP contribution in [-0.2, 0) is 12.8 Å². The number of hydrogen-bond acceptors (Lipinski definition) is 3. The van der Waals surface area contributed by atoms with E-state index in [2.05, 4.69) is 42.6 Å². The van der Waals surface area contributed by atoms with E-state index >= 15 is 0 Å². The van der Waals surface area contributed by atoms with Crippen molar-refractivity contribution in [1.82, 2.24) is 5.32 Å². The Morgan fingerprint density at radius 1 is 1.00 bits per heavy atom. The highest BCUT2D eigenvalue weighted by molar-refractivity contribution is 5.85. The summed E-state index contributed by atoms with van der Waals surface area (Å²) in [6, 6.07) is 18.5. The average Bonchev–Trinajstić information content (AvgIpc) is 3.00. The van der Waals surface area contributed by atoms with Crippen molar-refractivity contribution in [3.05, 3.63) is 71.5 Å². The lowest BCUT2D eigenvalue weighted by Crippen LogP contribution is -2.22. The molecule has 1 unspecified atom stereocenters. The van der Waals surface area contributed by atoms with Gasteiger partial charge in [-0.15, -0.1) is 12.4 Å². The summed E-state index contributed by atoms with van der Waals surface area (Å²) >= 11 is 0. The standard InChI is InChI=1S/C21H25NO2.ClH/c1-2-14-22-15-19(23)21-18(13-12-16-8-4-3-5-9-16)17-10-6-7-11-20(17)24-21;/h3-11,19,22-23H,2,12-15H2,1H3;1H. The van der Waals surface area contributed by atoms with Crippen LogP contribution in [0, 0.1) is 0 Å². The van der Waals surface area contributed by atoms with Gasteiger partial charge in [0.05, 0.1) is 0 Å². The van der Waals surface area contributed by atoms with Crippen molar-refractivity contribution in [1.29, 1.82) is 0 Å². The number of aryl methyl sites for hydroxylation is 2. The van der Waals surface area contributed by atoms with Crippen LogP contribution in [0.15, 0.2) is 59.0 Å². The molecule has 0 fully saturated rings. The summed E-state index contributed by atoms with van der Waals surface area (Å²) in [6.45, 7) is 3.54. The molecule has 25 heavy (non-hydrogen) atoms. The van der Waals surface area contributed by atoms with Crippen LogP contribution < -0.4 is 5.32 Å². The predicted octanol–water partition coefficient (Wildman–Crippen LogP) is 4.67. The van der Waals surface area contributed by atoms with Crippen molar-refractivity contribution >= 4 is 23.4 Å². The van der Waals surface area contributed by atoms with E-state index in [0.717, 1.165) is 42.3 Å². The summed E-state index contributed by atoms with van der Waals surface area (Å²) in [5.41, 5.74) is 3.28. The van der Waals surface area contributed by atoms with Crippen LogP contribution in [0.2, 0.25) is 0 Å². The molecule has 1 heterocycles. The molecule has 0 aliphatic heterocycles. The van der Waals surface area contributed by atoms with Gasteiger partial charge in [0.2, 0.25) is 0 Å². The maximum atomic E-state index is 10.6. The summed E-state index contributed by atoms with van der Waals surface area (Å²) in [6.07, 6.45) is 2.23. The van der Waals surface area contributed by atoms with Gasteiger partial charge in [-0.3, -0.25) is 0 Å². The first-order valence-electron chi connectivity index (χ1n) is 8.72. The van der Waals surface area contributed by atoms with Gasteiger partial charge in [0, 0.05) is 17.5 Å². The zero-order valence-electron chi connectivity index (χ0n) is 14.6. The highest BCUT2D eigenvalue weighted by Crippen LogP contribution is 2.31. The predicted molar refractivity (Wildman–Crippen MR) is 105 cm³/mol. The van der Waals surface area contributed by atoms with E-state index in [-0.39, 0.29) is 12.4 Å². The molecule has 134 valence electrons. The summed E-state index contributed by atoms with van der Waals surface area (Å²) in [7, 11) is 0. The number of halogens is 1. The van der Waals surface area contributed by atoms with Crippen molar-refractivity contribution in [2.45, 2.75) is 32.3 Å². The van der Waals surface area contributed by atoms with E-state index in [1.807, 2.05) is 24.3 Å². The highest BCUT2D eigenvalue weighted by atomic mass is 35.5. The quantitative estimate of drug-likeness (QED) is 0.574. The number of nitrogens with one attached hydrogen (secondary N) is 1. The fourth-order valence-corrected chi connectivity index (χ4v) is 3.07. The molecule has 0 bridgehead atoms. The lowest BCUT2D eigenvalue weighted by Gasteiger charge is -2.11. The Kier molecular flexibility index (Phi) is 7.51. The Hall–Kier alpha value is -1.81. The number of furan rings is 1. The van der Waals surface area contributed by atoms with Crippen molar-refractivity contribution < 1.29 is 9.52 Å². The largest absolute Gasteiger partial charge is 0.458 e. The summed E-state index contributed by atoms with van der Waals surface area (Å²) < 4.78 is 5.99. The normalized spacial score (nSPS) is 12.1. The fraction of sp³-hybridized carbons (Fsp3) is 0.333. The molecule has 3 aromatic rings. The third-order valence-electron chi connectivity index (χ3n) is 4.30. The SMILES string of the molecule is CCCNCC(O)c1oc2ccccc2c1CCc1ccccc1.Cl. The molecule has 1 atom stereocenters. The number of fused-ring (bicyclic) bond motifs is 1. The van der Waals surface area contributed by atoms with E-state index < -0.39 is 6.10 Å². The lowest BCUT2D eigenvalue weighted by atomic mass is 10.00. The number of benzene rings is 2. The molecule has 4 heteroatoms. The van der Waals surface area contributed by atoms with Crippen molar-refractivity contribution in [2.24, 2.45) is 0 Å². The Morgan fingerprint density at radius 2 is 1.72 bits per heavy atom. The second-order valence-electron chi connectivity index (χ2n) is 6.15. The van der Waals surface area contributed by atoms with Gasteiger partial charge >= 0.3 is 0 Å². The second-order valence-corrected chi connectivity index (χ2v) is 6.15. The van der Waals surface area contributed by atoms with Crippen molar-refractivity contribution in [3.63, 3.8) is 0 Å². The average molecular weight is 360 g/mol. The smallest absolute Gasteiger partial charge is 0.138 e. The van der Waals surface area contributed by atoms with Crippen LogP contribution in [0.4, 0.5) is 0 Å². The van der Waals surface area contributed by atoms with Crippen LogP contribution in [0.1, 0.15) is 36.3 Å². The van der Waals surface area contributed by atoms with E-state index in [0.29, 0.717) is 12.3 Å². The highest BCUT2D eigenvalue weighted by Gasteiger charge is 2.20. The van der Waals surface area contributed by atoms with Gasteiger partial charge in [0.25, 0.3) is 0 Å². The molecule has 3 nitrogen and oxygen atoms in total. The minimum Gasteiger partial charge on any atom is -0.458 e. The molecule has 0 saturated carbocycles. The Bertz CT molecular complexity index is 770. The molecule has 2 N–H and O–H groups in total. The molecule has 0 amide bonds. The molecule has 0 spiro atoms. The summed E-state index contributed by atoms with van der Waals surface area (Å²) in [5.74, 6) is 0.704. The summed E-state index contributed by atoms with van der Waals surface area (Å²) in [5, 5.41) is 14.9. The minimum atomic E-state index is -0.616. The van der Waals surface area contributed by atoms with Gasteiger partial charge in [-0.1, -0.05) is 55.5 Å². The first-order chi connectivity index (χ1) is 11.8. The van der Waals surface area contributed by atoms with Crippen molar-refractivity contribution in [3.8, 4) is 0 Å². The minimum absolute atomic E-state index is 0. The monoisotopic (exact) mass is 359 g/mol. The first kappa shape index (κ1) is 19.5. The maximum Gasteiger partial charge on any atom is 0.138 e. The fourth-order valence-electron chi connectivity index (χ4n) is 3.07. The zero-order valence-corrected chi connectivity index (χ0v) is 15.4. The van der Waals surface area contributed by atoms with Crippen molar-refractivity contribution in [2.75, 3.05) is 13.1 Å². The molecular weight excluding hydrogens is 334 g/mol. The number of hydrogen-bond donors (Lipinski definition) is 2. The number of aliphatic hydroxyl groups is 1. The number of aliphatic hydroxyl groups excluding tert-OH is 1. The first-order valence-corrected chi connectivity index (χ1v) is 8.72. The summed E-state index contributed by atoms with van der Waals surface area (Å²) in [4.78, 5) is 0. The number of para-hydroxylation sites is 1. The van der Waals surface area contributed by atoms with Gasteiger partial charge in [0.1, 0.15) is 17.4 Å².